The Morgan fingerprint density at radius 1 is 0.964 bits per heavy atom. The number of carbonyl (C=O) groups is 1. The lowest BCUT2D eigenvalue weighted by atomic mass is 10.0. The van der Waals surface area contributed by atoms with Gasteiger partial charge in [-0.25, -0.2) is 8.79 Å². The van der Waals surface area contributed by atoms with Crippen LogP contribution in [0, 0.1) is 5.82 Å². The van der Waals surface area contributed by atoms with Gasteiger partial charge in [0.2, 0.25) is 0 Å². The van der Waals surface area contributed by atoms with Crippen molar-refractivity contribution in [2.45, 2.75) is 0 Å². The Morgan fingerprint density at radius 3 is 2.43 bits per heavy atom. The summed E-state index contributed by atoms with van der Waals surface area (Å²) in [5, 5.41) is 2.00. The predicted molar refractivity (Wildman–Crippen MR) is 116 cm³/mol. The van der Waals surface area contributed by atoms with Crippen LogP contribution in [-0.4, -0.2) is 12.1 Å². The van der Waals surface area contributed by atoms with Gasteiger partial charge in [-0.2, -0.15) is 0 Å². The number of benzene rings is 3. The maximum atomic E-state index is 13.7. The van der Waals surface area contributed by atoms with Gasteiger partial charge in [0.05, 0.1) is 5.02 Å². The highest BCUT2D eigenvalue weighted by Crippen LogP contribution is 2.29. The van der Waals surface area contributed by atoms with Crippen LogP contribution in [0.15, 0.2) is 76.5 Å². The van der Waals surface area contributed by atoms with E-state index in [1.54, 1.807) is 36.5 Å². The van der Waals surface area contributed by atoms with E-state index in [0.29, 0.717) is 11.1 Å². The van der Waals surface area contributed by atoms with Gasteiger partial charge >= 0.3 is 0 Å². The van der Waals surface area contributed by atoms with Gasteiger partial charge in [0.15, 0.2) is 0 Å². The highest BCUT2D eigenvalue weighted by atomic mass is 35.5. The van der Waals surface area contributed by atoms with E-state index in [2.05, 4.69) is 9.12 Å². The zero-order valence-corrected chi connectivity index (χ0v) is 16.3. The molecule has 0 saturated heterocycles. The molecule has 0 spiro atoms. The summed E-state index contributed by atoms with van der Waals surface area (Å²) in [5.41, 5.74) is 4.13. The van der Waals surface area contributed by atoms with Crippen LogP contribution in [0.1, 0.15) is 21.5 Å². The summed E-state index contributed by atoms with van der Waals surface area (Å²) in [6.07, 6.45) is 3.77. The molecule has 0 radical (unpaired) electrons. The van der Waals surface area contributed by atoms with Gasteiger partial charge in [0.25, 0.3) is 5.91 Å². The Bertz CT molecular complexity index is 1060. The Kier molecular flexibility index (Phi) is 5.28. The predicted octanol–water partition coefficient (Wildman–Crippen LogP) is 5.81. The van der Waals surface area contributed by atoms with Crippen LogP contribution in [-0.2, 0) is 0 Å². The van der Waals surface area contributed by atoms with Gasteiger partial charge in [-0.3, -0.25) is 9.52 Å². The second kappa shape index (κ2) is 8.00. The first-order valence-electron chi connectivity index (χ1n) is 8.57. The number of amides is 1. The zero-order chi connectivity index (χ0) is 19.5. The van der Waals surface area contributed by atoms with E-state index >= 15 is 0 Å². The van der Waals surface area contributed by atoms with E-state index in [-0.39, 0.29) is 10.9 Å². The summed E-state index contributed by atoms with van der Waals surface area (Å²) < 4.78 is 21.1. The monoisotopic (exact) mass is 410 g/mol. The van der Waals surface area contributed by atoms with Crippen LogP contribution in [0.25, 0.3) is 17.2 Å². The smallest absolute Gasteiger partial charge is 0.261 e. The summed E-state index contributed by atoms with van der Waals surface area (Å²) in [7, 11) is 0. The molecule has 3 nitrogen and oxygen atoms in total. The maximum absolute atomic E-state index is 13.7. The molecule has 0 aromatic heterocycles. The van der Waals surface area contributed by atoms with E-state index in [4.69, 9.17) is 11.6 Å². The molecule has 28 heavy (non-hydrogen) atoms. The Balaban J connectivity index is 1.48. The molecule has 140 valence electrons. The standard InChI is InChI=1S/C22H16ClFN2OS/c23-20-10-9-18(13-21(20)24)16-5-7-17(8-6-16)22(27)26-28-12-11-15-3-1-2-4-19(15)14-25-28/h1-14,28H,(H,26,27). The number of nitrogens with zero attached hydrogens (tertiary/aromatic N) is 1. The van der Waals surface area contributed by atoms with Gasteiger partial charge in [-0.15, -0.1) is 0 Å². The van der Waals surface area contributed by atoms with Crippen LogP contribution in [0.4, 0.5) is 4.39 Å². The molecule has 0 aliphatic carbocycles. The molecule has 1 atom stereocenters. The number of thiol groups is 1. The molecule has 0 bridgehead atoms. The Labute approximate surface area is 170 Å². The van der Waals surface area contributed by atoms with Crippen molar-refractivity contribution in [2.75, 3.05) is 0 Å². The lowest BCUT2D eigenvalue weighted by Crippen LogP contribution is -2.18. The first-order chi connectivity index (χ1) is 13.6. The number of carbonyl (C=O) groups excluding carboxylic acids is 1. The highest BCUT2D eigenvalue weighted by molar-refractivity contribution is 8.17. The molecule has 4 rings (SSSR count). The molecule has 1 aliphatic heterocycles. The third-order valence-corrected chi connectivity index (χ3v) is 5.86. The minimum atomic E-state index is -1.14. The van der Waals surface area contributed by atoms with Crippen LogP contribution >= 0.6 is 22.9 Å². The Hall–Kier alpha value is -2.89. The average Bonchev–Trinajstić information content (AvgIpc) is 2.93. The molecule has 0 saturated carbocycles. The molecule has 3 aromatic carbocycles. The van der Waals surface area contributed by atoms with Crippen LogP contribution < -0.4 is 4.72 Å². The van der Waals surface area contributed by atoms with Crippen molar-refractivity contribution in [3.05, 3.63) is 99.7 Å². The fourth-order valence-corrected chi connectivity index (χ4v) is 4.03. The van der Waals surface area contributed by atoms with Gasteiger partial charge in [0.1, 0.15) is 5.82 Å². The number of rotatable bonds is 3. The van der Waals surface area contributed by atoms with Crippen molar-refractivity contribution in [1.29, 1.82) is 0 Å². The molecule has 1 amide bonds. The molecule has 1 N–H and O–H groups in total. The second-order valence-corrected chi connectivity index (χ2v) is 8.03. The molecule has 1 unspecified atom stereocenters. The summed E-state index contributed by atoms with van der Waals surface area (Å²) in [6, 6.07) is 19.6. The van der Waals surface area contributed by atoms with E-state index in [1.807, 2.05) is 35.7 Å². The van der Waals surface area contributed by atoms with Crippen molar-refractivity contribution in [3.63, 3.8) is 0 Å². The molecule has 3 aromatic rings. The van der Waals surface area contributed by atoms with Crippen molar-refractivity contribution in [2.24, 2.45) is 4.40 Å². The van der Waals surface area contributed by atoms with Crippen molar-refractivity contribution >= 4 is 41.1 Å². The Morgan fingerprint density at radius 2 is 1.68 bits per heavy atom. The minimum Gasteiger partial charge on any atom is -0.296 e. The first-order valence-corrected chi connectivity index (χ1v) is 10.3. The van der Waals surface area contributed by atoms with Crippen molar-refractivity contribution in [1.82, 2.24) is 4.72 Å². The number of fused-ring (bicyclic) bond motifs is 1. The van der Waals surface area contributed by atoms with Crippen molar-refractivity contribution in [3.8, 4) is 11.1 Å². The maximum Gasteiger partial charge on any atom is 0.261 e. The van der Waals surface area contributed by atoms with Crippen LogP contribution in [0.3, 0.4) is 0 Å². The number of hydrogen-bond donors (Lipinski definition) is 2. The quantitative estimate of drug-likeness (QED) is 0.525. The fourth-order valence-electron chi connectivity index (χ4n) is 2.82. The second-order valence-electron chi connectivity index (χ2n) is 6.18. The van der Waals surface area contributed by atoms with E-state index in [9.17, 15) is 9.18 Å². The average molecular weight is 411 g/mol. The third kappa shape index (κ3) is 4.01. The fraction of sp³-hybridized carbons (Fsp3) is 0. The first kappa shape index (κ1) is 18.5. The van der Waals surface area contributed by atoms with Gasteiger partial charge in [-0.05, 0) is 52.4 Å². The van der Waals surface area contributed by atoms with Gasteiger partial charge < -0.3 is 0 Å². The molecular weight excluding hydrogens is 395 g/mol. The van der Waals surface area contributed by atoms with E-state index < -0.39 is 17.1 Å². The zero-order valence-electron chi connectivity index (χ0n) is 14.6. The van der Waals surface area contributed by atoms with Gasteiger partial charge in [-0.1, -0.05) is 65.3 Å². The largest absolute Gasteiger partial charge is 0.296 e. The molecular formula is C22H16ClFN2OS. The van der Waals surface area contributed by atoms with Crippen LogP contribution in [0.2, 0.25) is 5.02 Å². The number of halogens is 2. The molecule has 6 heteroatoms. The topological polar surface area (TPSA) is 41.5 Å². The SMILES string of the molecule is O=C(N[SH]1C=Cc2ccccc2C=N1)c1ccc(-c2ccc(Cl)c(F)c2)cc1. The lowest BCUT2D eigenvalue weighted by Gasteiger charge is -2.13. The third-order valence-electron chi connectivity index (χ3n) is 4.33. The lowest BCUT2D eigenvalue weighted by molar-refractivity contribution is 0.0984. The summed E-state index contributed by atoms with van der Waals surface area (Å²) in [6.45, 7) is 0. The number of hydrogen-bond acceptors (Lipinski definition) is 2. The van der Waals surface area contributed by atoms with E-state index in [1.165, 1.54) is 12.1 Å². The molecule has 1 aliphatic rings. The summed E-state index contributed by atoms with van der Waals surface area (Å²) >= 11 is 4.58. The number of nitrogens with one attached hydrogen (secondary N) is 1. The normalized spacial score (nSPS) is 16.3. The summed E-state index contributed by atoms with van der Waals surface area (Å²) in [5.74, 6) is -0.671. The van der Waals surface area contributed by atoms with Gasteiger partial charge in [0, 0.05) is 17.3 Å². The van der Waals surface area contributed by atoms with E-state index in [0.717, 1.165) is 16.7 Å². The van der Waals surface area contributed by atoms with Crippen LogP contribution in [0.5, 0.6) is 0 Å². The molecule has 1 heterocycles. The highest BCUT2D eigenvalue weighted by Gasteiger charge is 2.11. The summed E-state index contributed by atoms with van der Waals surface area (Å²) in [4.78, 5) is 12.6. The minimum absolute atomic E-state index is 0.0845. The van der Waals surface area contributed by atoms with Crippen molar-refractivity contribution < 1.29 is 9.18 Å². The molecule has 0 fully saturated rings.